The van der Waals surface area contributed by atoms with Gasteiger partial charge < -0.3 is 14.7 Å². The van der Waals surface area contributed by atoms with Crippen molar-refractivity contribution in [1.82, 2.24) is 19.9 Å². The van der Waals surface area contributed by atoms with Crippen LogP contribution >= 0.6 is 0 Å². The minimum Gasteiger partial charge on any atom is -0.496 e. The number of hydrogen-bond donors (Lipinski definition) is 2. The maximum atomic E-state index is 5.88. The Kier molecular flexibility index (Phi) is 4.61. The number of H-pyrrole nitrogens is 2. The monoisotopic (exact) mass is 466 g/mol. The van der Waals surface area contributed by atoms with Crippen molar-refractivity contribution in [2.75, 3.05) is 7.11 Å². The number of nitrogens with zero attached hydrogens (tertiary/aromatic N) is 2. The number of aromatic nitrogens is 4. The molecule has 0 spiro atoms. The number of benzene rings is 2. The number of fused-ring (bicyclic) bond motifs is 9. The molecule has 2 aromatic carbocycles. The first-order chi connectivity index (χ1) is 17.7. The van der Waals surface area contributed by atoms with E-state index in [2.05, 4.69) is 94.9 Å². The van der Waals surface area contributed by atoms with E-state index >= 15 is 0 Å². The molecule has 5 aromatic rings. The molecule has 172 valence electrons. The van der Waals surface area contributed by atoms with E-state index in [1.165, 1.54) is 0 Å². The zero-order chi connectivity index (χ0) is 24.1. The molecule has 0 radical (unpaired) electrons. The van der Waals surface area contributed by atoms with E-state index in [0.717, 1.165) is 72.5 Å². The SMILES string of the molecule is COc1ccc2ccccc2c1-c1c2nc(cc3ccc(cc4ccc(cc5nc1C=C5)[nH]4)[nH]3)C=C2. The molecule has 2 N–H and O–H groups in total. The second-order valence-corrected chi connectivity index (χ2v) is 8.92. The predicted octanol–water partition coefficient (Wildman–Crippen LogP) is 7.48. The fourth-order valence-corrected chi connectivity index (χ4v) is 4.94. The van der Waals surface area contributed by atoms with Crippen molar-refractivity contribution in [3.63, 3.8) is 0 Å². The molecule has 2 aliphatic rings. The van der Waals surface area contributed by atoms with Crippen molar-refractivity contribution < 1.29 is 4.74 Å². The Morgan fingerprint density at radius 1 is 0.583 bits per heavy atom. The number of methoxy groups -OCH3 is 1. The number of ether oxygens (including phenoxy) is 1. The van der Waals surface area contributed by atoms with Crippen LogP contribution < -0.4 is 4.74 Å². The first-order valence-electron chi connectivity index (χ1n) is 11.9. The summed E-state index contributed by atoms with van der Waals surface area (Å²) in [5.41, 5.74) is 9.44. The molecule has 0 atom stereocenters. The molecule has 7 rings (SSSR count). The van der Waals surface area contributed by atoms with Gasteiger partial charge in [0.05, 0.1) is 29.9 Å². The Bertz CT molecular complexity index is 1800. The molecule has 0 saturated heterocycles. The smallest absolute Gasteiger partial charge is 0.127 e. The van der Waals surface area contributed by atoms with Crippen molar-refractivity contribution >= 4 is 57.1 Å². The highest BCUT2D eigenvalue weighted by molar-refractivity contribution is 6.04. The average Bonchev–Trinajstić information content (AvgIpc) is 3.70. The van der Waals surface area contributed by atoms with Crippen LogP contribution in [0.15, 0.2) is 78.9 Å². The lowest BCUT2D eigenvalue weighted by Gasteiger charge is -2.14. The van der Waals surface area contributed by atoms with Crippen LogP contribution in [-0.2, 0) is 0 Å². The van der Waals surface area contributed by atoms with Crippen molar-refractivity contribution in [2.24, 2.45) is 0 Å². The largest absolute Gasteiger partial charge is 0.496 e. The van der Waals surface area contributed by atoms with Gasteiger partial charge in [-0.1, -0.05) is 30.3 Å². The van der Waals surface area contributed by atoms with Crippen LogP contribution in [-0.4, -0.2) is 27.0 Å². The highest BCUT2D eigenvalue weighted by Gasteiger charge is 2.20. The quantitative estimate of drug-likeness (QED) is 0.277. The zero-order valence-electron chi connectivity index (χ0n) is 19.6. The van der Waals surface area contributed by atoms with Crippen LogP contribution in [0.3, 0.4) is 0 Å². The molecule has 0 saturated carbocycles. The first kappa shape index (κ1) is 20.5. The molecule has 5 heteroatoms. The number of aromatic amines is 2. The predicted molar refractivity (Wildman–Crippen MR) is 148 cm³/mol. The molecule has 5 nitrogen and oxygen atoms in total. The third-order valence-corrected chi connectivity index (χ3v) is 6.58. The number of nitrogens with one attached hydrogen (secondary N) is 2. The molecule has 2 aliphatic heterocycles. The summed E-state index contributed by atoms with van der Waals surface area (Å²) in [4.78, 5) is 17.0. The Balaban J connectivity index is 1.64. The van der Waals surface area contributed by atoms with E-state index in [0.29, 0.717) is 0 Å². The Hall–Kier alpha value is -4.90. The zero-order valence-corrected chi connectivity index (χ0v) is 19.6. The summed E-state index contributed by atoms with van der Waals surface area (Å²) in [6.07, 6.45) is 8.21. The van der Waals surface area contributed by atoms with Crippen molar-refractivity contribution in [3.8, 4) is 16.9 Å². The van der Waals surface area contributed by atoms with Crippen molar-refractivity contribution in [3.05, 3.63) is 102 Å². The van der Waals surface area contributed by atoms with Crippen LogP contribution in [0.5, 0.6) is 5.75 Å². The molecular formula is C31H22N4O. The lowest BCUT2D eigenvalue weighted by atomic mass is 9.95. The van der Waals surface area contributed by atoms with Crippen LogP contribution in [0, 0.1) is 0 Å². The Labute approximate surface area is 207 Å². The lowest BCUT2D eigenvalue weighted by molar-refractivity contribution is 0.417. The van der Waals surface area contributed by atoms with Gasteiger partial charge in [-0.15, -0.1) is 0 Å². The molecule has 0 fully saturated rings. The fourth-order valence-electron chi connectivity index (χ4n) is 4.94. The third kappa shape index (κ3) is 3.49. The van der Waals surface area contributed by atoms with Gasteiger partial charge in [0, 0.05) is 33.2 Å². The molecule has 8 bridgehead atoms. The molecular weight excluding hydrogens is 444 g/mol. The van der Waals surface area contributed by atoms with E-state index in [9.17, 15) is 0 Å². The van der Waals surface area contributed by atoms with Crippen LogP contribution in [0.1, 0.15) is 22.8 Å². The summed E-state index contributed by atoms with van der Waals surface area (Å²) in [7, 11) is 1.71. The Morgan fingerprint density at radius 2 is 1.17 bits per heavy atom. The van der Waals surface area contributed by atoms with E-state index in [1.54, 1.807) is 7.11 Å². The van der Waals surface area contributed by atoms with Gasteiger partial charge in [-0.3, -0.25) is 0 Å². The molecule has 36 heavy (non-hydrogen) atoms. The minimum atomic E-state index is 0.790. The molecule has 5 heterocycles. The maximum Gasteiger partial charge on any atom is 0.127 e. The van der Waals surface area contributed by atoms with Gasteiger partial charge in [-0.05, 0) is 83.6 Å². The number of rotatable bonds is 2. The summed E-state index contributed by atoms with van der Waals surface area (Å²) in [5, 5.41) is 2.24. The van der Waals surface area contributed by atoms with Gasteiger partial charge in [0.1, 0.15) is 5.75 Å². The van der Waals surface area contributed by atoms with E-state index in [1.807, 2.05) is 18.2 Å². The van der Waals surface area contributed by atoms with Gasteiger partial charge >= 0.3 is 0 Å². The normalized spacial score (nSPS) is 12.4. The minimum absolute atomic E-state index is 0.790. The van der Waals surface area contributed by atoms with Crippen LogP contribution in [0.4, 0.5) is 0 Å². The van der Waals surface area contributed by atoms with Gasteiger partial charge in [-0.2, -0.15) is 0 Å². The lowest BCUT2D eigenvalue weighted by Crippen LogP contribution is -1.94. The average molecular weight is 467 g/mol. The topological polar surface area (TPSA) is 66.6 Å². The van der Waals surface area contributed by atoms with Gasteiger partial charge in [0.2, 0.25) is 0 Å². The van der Waals surface area contributed by atoms with E-state index in [4.69, 9.17) is 14.7 Å². The molecule has 3 aromatic heterocycles. The second kappa shape index (κ2) is 8.10. The maximum absolute atomic E-state index is 5.88. The van der Waals surface area contributed by atoms with Crippen molar-refractivity contribution in [1.29, 1.82) is 0 Å². The highest BCUT2D eigenvalue weighted by Crippen LogP contribution is 2.41. The Morgan fingerprint density at radius 3 is 1.78 bits per heavy atom. The summed E-state index contributed by atoms with van der Waals surface area (Å²) in [6, 6.07) is 26.9. The summed E-state index contributed by atoms with van der Waals surface area (Å²) < 4.78 is 5.88. The van der Waals surface area contributed by atoms with Gasteiger partial charge in [0.15, 0.2) is 0 Å². The third-order valence-electron chi connectivity index (χ3n) is 6.58. The summed E-state index contributed by atoms with van der Waals surface area (Å²) in [5.74, 6) is 0.790. The molecule has 0 aliphatic carbocycles. The van der Waals surface area contributed by atoms with Gasteiger partial charge in [-0.25, -0.2) is 9.97 Å². The number of hydrogen-bond acceptors (Lipinski definition) is 3. The molecule has 0 amide bonds. The highest BCUT2D eigenvalue weighted by atomic mass is 16.5. The summed E-state index contributed by atoms with van der Waals surface area (Å²) >= 11 is 0. The molecule has 0 unspecified atom stereocenters. The van der Waals surface area contributed by atoms with E-state index < -0.39 is 0 Å². The van der Waals surface area contributed by atoms with Crippen molar-refractivity contribution in [2.45, 2.75) is 0 Å². The standard InChI is InChI=1S/C31H22N4O/c1-36-29-15-6-19-4-2-3-5-26(19)30(29)31-27-13-11-24(34-27)17-22-9-7-20(32-22)16-21-8-10-23(33-21)18-25-12-14-28(31)35-25/h2-18,32-33H,1H3. The first-order valence-corrected chi connectivity index (χ1v) is 11.9. The van der Waals surface area contributed by atoms with Crippen LogP contribution in [0.25, 0.3) is 68.3 Å². The fraction of sp³-hybridized carbons (Fsp3) is 0.0323. The summed E-state index contributed by atoms with van der Waals surface area (Å²) in [6.45, 7) is 0. The second-order valence-electron chi connectivity index (χ2n) is 8.92. The van der Waals surface area contributed by atoms with Gasteiger partial charge in [0.25, 0.3) is 0 Å². The van der Waals surface area contributed by atoms with Crippen LogP contribution in [0.2, 0.25) is 0 Å². The van der Waals surface area contributed by atoms with E-state index in [-0.39, 0.29) is 0 Å².